The highest BCUT2D eigenvalue weighted by Gasteiger charge is 2.36. The van der Waals surface area contributed by atoms with Gasteiger partial charge in [0.25, 0.3) is 5.91 Å². The Kier molecular flexibility index (Phi) is 6.15. The molecule has 1 amide bonds. The molecule has 0 spiro atoms. The van der Waals surface area contributed by atoms with Crippen molar-refractivity contribution in [1.82, 2.24) is 0 Å². The van der Waals surface area contributed by atoms with E-state index in [0.29, 0.717) is 10.6 Å². The van der Waals surface area contributed by atoms with Crippen LogP contribution in [0.4, 0.5) is 11.4 Å². The number of para-hydroxylation sites is 2. The van der Waals surface area contributed by atoms with Crippen LogP contribution in [0.25, 0.3) is 0 Å². The highest BCUT2D eigenvalue weighted by Crippen LogP contribution is 2.44. The normalized spacial score (nSPS) is 17.7. The third kappa shape index (κ3) is 4.34. The predicted octanol–water partition coefficient (Wildman–Crippen LogP) is 6.91. The van der Waals surface area contributed by atoms with E-state index in [1.165, 1.54) is 28.5 Å². The zero-order chi connectivity index (χ0) is 24.3. The number of hydrazone groups is 2. The Labute approximate surface area is 217 Å². The Balaban J connectivity index is 1.51. The average molecular weight is 505 g/mol. The highest BCUT2D eigenvalue weighted by molar-refractivity contribution is 8.21. The number of nitrogens with zero attached hydrogens (tertiary/aromatic N) is 4. The molecule has 7 heteroatoms. The van der Waals surface area contributed by atoms with Crippen LogP contribution in [-0.4, -0.2) is 16.0 Å². The topological polar surface area (TPSA) is 48.3 Å². The van der Waals surface area contributed by atoms with E-state index < -0.39 is 0 Å². The van der Waals surface area contributed by atoms with Crippen LogP contribution in [0.3, 0.4) is 0 Å². The number of amides is 1. The monoisotopic (exact) mass is 504 g/mol. The maximum atomic E-state index is 14.0. The third-order valence-corrected chi connectivity index (χ3v) is 7.88. The largest absolute Gasteiger partial charge is 0.288 e. The maximum Gasteiger partial charge on any atom is 0.288 e. The Morgan fingerprint density at radius 1 is 0.500 bits per heavy atom. The van der Waals surface area contributed by atoms with Crippen LogP contribution in [0.2, 0.25) is 0 Å². The van der Waals surface area contributed by atoms with Gasteiger partial charge in [0.1, 0.15) is 20.0 Å². The van der Waals surface area contributed by atoms with Gasteiger partial charge in [-0.2, -0.15) is 15.2 Å². The minimum Gasteiger partial charge on any atom is -0.266 e. The molecule has 0 fully saturated rings. The van der Waals surface area contributed by atoms with Gasteiger partial charge in [0.05, 0.1) is 11.4 Å². The lowest BCUT2D eigenvalue weighted by Gasteiger charge is -2.27. The average Bonchev–Trinajstić information content (AvgIpc) is 3.40. The first-order valence-electron chi connectivity index (χ1n) is 11.4. The summed E-state index contributed by atoms with van der Waals surface area (Å²) in [6, 6.07) is 39.4. The molecule has 0 atom stereocenters. The molecule has 0 unspecified atom stereocenters. The summed E-state index contributed by atoms with van der Waals surface area (Å²) in [5, 5.41) is 15.4. The number of carbonyl (C=O) groups excluding carboxylic acids is 1. The summed E-state index contributed by atoms with van der Waals surface area (Å²) < 4.78 is 0. The van der Waals surface area contributed by atoms with E-state index in [9.17, 15) is 4.79 Å². The van der Waals surface area contributed by atoms with E-state index in [-0.39, 0.29) is 5.91 Å². The number of carbonyl (C=O) groups is 1. The smallest absolute Gasteiger partial charge is 0.266 e. The maximum absolute atomic E-state index is 14.0. The highest BCUT2D eigenvalue weighted by atomic mass is 32.2. The lowest BCUT2D eigenvalue weighted by molar-refractivity contribution is -0.114. The van der Waals surface area contributed by atoms with E-state index in [2.05, 4.69) is 0 Å². The van der Waals surface area contributed by atoms with Gasteiger partial charge in [0.2, 0.25) is 0 Å². The molecule has 0 N–H and O–H groups in total. The Morgan fingerprint density at radius 2 is 0.917 bits per heavy atom. The van der Waals surface area contributed by atoms with Crippen LogP contribution < -0.4 is 10.0 Å². The molecule has 2 heterocycles. The second-order valence-electron chi connectivity index (χ2n) is 7.98. The first-order valence-corrected chi connectivity index (χ1v) is 13.0. The van der Waals surface area contributed by atoms with Crippen molar-refractivity contribution in [2.75, 3.05) is 10.0 Å². The van der Waals surface area contributed by atoms with Gasteiger partial charge in [-0.1, -0.05) is 109 Å². The number of thioether (sulfide) groups is 2. The fraction of sp³-hybridized carbons (Fsp3) is 0. The zero-order valence-corrected chi connectivity index (χ0v) is 20.7. The Hall–Kier alpha value is -4.07. The molecule has 6 rings (SSSR count). The number of hydrogen-bond acceptors (Lipinski definition) is 6. The second kappa shape index (κ2) is 9.89. The van der Waals surface area contributed by atoms with Gasteiger partial charge in [0.15, 0.2) is 0 Å². The van der Waals surface area contributed by atoms with Crippen LogP contribution >= 0.6 is 23.5 Å². The van der Waals surface area contributed by atoms with Gasteiger partial charge in [-0.15, -0.1) is 0 Å². The van der Waals surface area contributed by atoms with Gasteiger partial charge in [-0.05, 0) is 36.0 Å². The van der Waals surface area contributed by atoms with Gasteiger partial charge in [-0.25, -0.2) is 5.01 Å². The number of rotatable bonds is 4. The third-order valence-electron chi connectivity index (χ3n) is 5.59. The van der Waals surface area contributed by atoms with E-state index in [4.69, 9.17) is 10.2 Å². The molecule has 4 aromatic rings. The Bertz CT molecular complexity index is 1490. The van der Waals surface area contributed by atoms with Crippen molar-refractivity contribution in [3.63, 3.8) is 0 Å². The van der Waals surface area contributed by atoms with E-state index in [1.54, 1.807) is 0 Å². The molecule has 2 aliphatic rings. The van der Waals surface area contributed by atoms with E-state index in [0.717, 1.165) is 31.9 Å². The van der Waals surface area contributed by atoms with Gasteiger partial charge in [0, 0.05) is 11.1 Å². The fourth-order valence-electron chi connectivity index (χ4n) is 3.85. The van der Waals surface area contributed by atoms with E-state index in [1.807, 2.05) is 126 Å². The molecule has 0 aromatic heterocycles. The van der Waals surface area contributed by atoms with Gasteiger partial charge in [-0.3, -0.25) is 4.79 Å². The number of anilines is 2. The molecule has 174 valence electrons. The van der Waals surface area contributed by atoms with Crippen molar-refractivity contribution in [3.05, 3.63) is 142 Å². The molecule has 2 aliphatic heterocycles. The summed E-state index contributed by atoms with van der Waals surface area (Å²) in [6.07, 6.45) is 0. The summed E-state index contributed by atoms with van der Waals surface area (Å²) in [5.74, 6) is -0.182. The summed E-state index contributed by atoms with van der Waals surface area (Å²) in [6.45, 7) is 0. The van der Waals surface area contributed by atoms with Crippen LogP contribution in [0.5, 0.6) is 0 Å². The van der Waals surface area contributed by atoms with Crippen molar-refractivity contribution in [3.8, 4) is 0 Å². The van der Waals surface area contributed by atoms with Crippen LogP contribution in [0.1, 0.15) is 11.1 Å². The zero-order valence-electron chi connectivity index (χ0n) is 19.1. The first-order chi connectivity index (χ1) is 17.8. The summed E-state index contributed by atoms with van der Waals surface area (Å²) >= 11 is 2.89. The van der Waals surface area contributed by atoms with Crippen LogP contribution in [0, 0.1) is 0 Å². The molecule has 0 bridgehead atoms. The Morgan fingerprint density at radius 3 is 1.44 bits per heavy atom. The summed E-state index contributed by atoms with van der Waals surface area (Å²) in [5.41, 5.74) is 3.56. The number of hydrogen-bond donors (Lipinski definition) is 0. The molecule has 0 saturated heterocycles. The standard InChI is InChI=1S/C29H20N4OS2/c34-28-25(35-26(21-13-5-1-6-14-21)30-32(28)23-17-9-3-10-18-23)29-33(24-19-11-4-12-20-24)31-27(36-29)22-15-7-2-8-16-22/h1-20H. The lowest BCUT2D eigenvalue weighted by atomic mass is 10.2. The molecule has 4 aromatic carbocycles. The van der Waals surface area contributed by atoms with Gasteiger partial charge >= 0.3 is 0 Å². The lowest BCUT2D eigenvalue weighted by Crippen LogP contribution is -2.33. The molecule has 0 saturated carbocycles. The molecule has 0 radical (unpaired) electrons. The van der Waals surface area contributed by atoms with E-state index >= 15 is 0 Å². The molecule has 5 nitrogen and oxygen atoms in total. The van der Waals surface area contributed by atoms with Crippen LogP contribution in [0.15, 0.2) is 141 Å². The quantitative estimate of drug-likeness (QED) is 0.283. The molecule has 36 heavy (non-hydrogen) atoms. The summed E-state index contributed by atoms with van der Waals surface area (Å²) in [7, 11) is 0. The molecular formula is C29H20N4OS2. The second-order valence-corrected chi connectivity index (χ2v) is 9.96. The minimum absolute atomic E-state index is 0.182. The van der Waals surface area contributed by atoms with Crippen molar-refractivity contribution in [2.45, 2.75) is 0 Å². The molecular weight excluding hydrogens is 484 g/mol. The SMILES string of the molecule is O=C1C(=C2SC(c3ccccc3)=NN2c2ccccc2)SC(c2ccccc2)=NN1c1ccccc1. The fourth-order valence-corrected chi connectivity index (χ4v) is 5.99. The molecule has 0 aliphatic carbocycles. The summed E-state index contributed by atoms with van der Waals surface area (Å²) in [4.78, 5) is 14.5. The first kappa shape index (κ1) is 22.4. The van der Waals surface area contributed by atoms with Crippen molar-refractivity contribution < 1.29 is 4.79 Å². The van der Waals surface area contributed by atoms with Crippen LogP contribution in [-0.2, 0) is 4.79 Å². The van der Waals surface area contributed by atoms with Crippen molar-refractivity contribution in [1.29, 1.82) is 0 Å². The van der Waals surface area contributed by atoms with Crippen molar-refractivity contribution >= 4 is 50.9 Å². The number of benzene rings is 4. The van der Waals surface area contributed by atoms with Gasteiger partial charge < -0.3 is 0 Å². The predicted molar refractivity (Wildman–Crippen MR) is 151 cm³/mol. The minimum atomic E-state index is -0.182. The van der Waals surface area contributed by atoms with Crippen molar-refractivity contribution in [2.24, 2.45) is 10.2 Å².